The van der Waals surface area contributed by atoms with E-state index in [-0.39, 0.29) is 11.4 Å². The number of carbonyl (C=O) groups is 1. The fourth-order valence-corrected chi connectivity index (χ4v) is 3.11. The highest BCUT2D eigenvalue weighted by Crippen LogP contribution is 2.34. The molecule has 0 aromatic heterocycles. The Morgan fingerprint density at radius 3 is 2.58 bits per heavy atom. The molecule has 2 aromatic carbocycles. The maximum atomic E-state index is 12.9. The SMILES string of the molecule is COc1ccc(/C=C/C(=O)N2CC(C)(C)Nc3ccccc32)cc1OC. The molecule has 1 aliphatic rings. The molecule has 1 amide bonds. The van der Waals surface area contributed by atoms with Crippen LogP contribution in [0.25, 0.3) is 6.08 Å². The molecule has 0 saturated carbocycles. The van der Waals surface area contributed by atoms with Crippen molar-refractivity contribution in [1.29, 1.82) is 0 Å². The second kappa shape index (κ2) is 7.12. The van der Waals surface area contributed by atoms with Crippen molar-refractivity contribution in [3.8, 4) is 11.5 Å². The van der Waals surface area contributed by atoms with Gasteiger partial charge in [0.15, 0.2) is 11.5 Å². The molecular weight excluding hydrogens is 328 g/mol. The third kappa shape index (κ3) is 3.67. The Bertz CT molecular complexity index is 843. The van der Waals surface area contributed by atoms with Crippen LogP contribution < -0.4 is 19.7 Å². The van der Waals surface area contributed by atoms with E-state index in [9.17, 15) is 4.79 Å². The molecule has 2 aromatic rings. The summed E-state index contributed by atoms with van der Waals surface area (Å²) < 4.78 is 10.6. The van der Waals surface area contributed by atoms with Gasteiger partial charge in [0.1, 0.15) is 0 Å². The molecule has 0 spiro atoms. The van der Waals surface area contributed by atoms with Gasteiger partial charge in [0.2, 0.25) is 0 Å². The van der Waals surface area contributed by atoms with E-state index in [2.05, 4.69) is 19.2 Å². The van der Waals surface area contributed by atoms with E-state index in [1.165, 1.54) is 0 Å². The van der Waals surface area contributed by atoms with Crippen LogP contribution in [0.5, 0.6) is 11.5 Å². The molecule has 0 unspecified atom stereocenters. The molecule has 1 N–H and O–H groups in total. The second-order valence-corrected chi connectivity index (χ2v) is 6.90. The standard InChI is InChI=1S/C21H24N2O3/c1-21(2)14-23(17-8-6-5-7-16(17)22-21)20(24)12-10-15-9-11-18(25-3)19(13-15)26-4/h5-13,22H,14H2,1-4H3/b12-10+. The number of anilines is 2. The Morgan fingerprint density at radius 1 is 1.12 bits per heavy atom. The van der Waals surface area contributed by atoms with Crippen molar-refractivity contribution < 1.29 is 14.3 Å². The zero-order valence-electron chi connectivity index (χ0n) is 15.6. The molecule has 5 heteroatoms. The van der Waals surface area contributed by atoms with Gasteiger partial charge >= 0.3 is 0 Å². The maximum absolute atomic E-state index is 12.9. The lowest BCUT2D eigenvalue weighted by Crippen LogP contribution is -2.50. The number of nitrogens with zero attached hydrogens (tertiary/aromatic N) is 1. The molecular formula is C21H24N2O3. The minimum atomic E-state index is -0.193. The number of benzene rings is 2. The van der Waals surface area contributed by atoms with Crippen LogP contribution in [0.1, 0.15) is 19.4 Å². The molecule has 0 atom stereocenters. The van der Waals surface area contributed by atoms with E-state index in [1.54, 1.807) is 26.4 Å². The average molecular weight is 352 g/mol. The third-order valence-corrected chi connectivity index (χ3v) is 4.31. The number of hydrogen-bond acceptors (Lipinski definition) is 4. The van der Waals surface area contributed by atoms with E-state index in [0.717, 1.165) is 16.9 Å². The van der Waals surface area contributed by atoms with E-state index in [0.29, 0.717) is 18.0 Å². The number of hydrogen-bond donors (Lipinski definition) is 1. The second-order valence-electron chi connectivity index (χ2n) is 6.90. The van der Waals surface area contributed by atoms with Gasteiger partial charge in [0.25, 0.3) is 5.91 Å². The summed E-state index contributed by atoms with van der Waals surface area (Å²) in [6.45, 7) is 4.77. The van der Waals surface area contributed by atoms with Crippen LogP contribution in [0.4, 0.5) is 11.4 Å². The number of methoxy groups -OCH3 is 2. The summed E-state index contributed by atoms with van der Waals surface area (Å²) in [5, 5.41) is 3.47. The summed E-state index contributed by atoms with van der Waals surface area (Å²) >= 11 is 0. The Morgan fingerprint density at radius 2 is 1.85 bits per heavy atom. The Hall–Kier alpha value is -2.95. The lowest BCUT2D eigenvalue weighted by molar-refractivity contribution is -0.114. The minimum absolute atomic E-state index is 0.0539. The van der Waals surface area contributed by atoms with Gasteiger partial charge in [0.05, 0.1) is 25.6 Å². The summed E-state index contributed by atoms with van der Waals surface area (Å²) in [5.41, 5.74) is 2.55. The van der Waals surface area contributed by atoms with Crippen molar-refractivity contribution in [2.24, 2.45) is 0 Å². The lowest BCUT2D eigenvalue weighted by Gasteiger charge is -2.40. The quantitative estimate of drug-likeness (QED) is 0.847. The third-order valence-electron chi connectivity index (χ3n) is 4.31. The fourth-order valence-electron chi connectivity index (χ4n) is 3.11. The number of ether oxygens (including phenoxy) is 2. The van der Waals surface area contributed by atoms with Crippen LogP contribution in [0.15, 0.2) is 48.5 Å². The van der Waals surface area contributed by atoms with Crippen molar-refractivity contribution in [1.82, 2.24) is 0 Å². The first-order chi connectivity index (χ1) is 12.4. The Balaban J connectivity index is 1.85. The zero-order chi connectivity index (χ0) is 18.7. The number of fused-ring (bicyclic) bond motifs is 1. The lowest BCUT2D eigenvalue weighted by atomic mass is 9.99. The summed E-state index contributed by atoms with van der Waals surface area (Å²) in [6.07, 6.45) is 3.39. The summed E-state index contributed by atoms with van der Waals surface area (Å²) in [6, 6.07) is 13.4. The maximum Gasteiger partial charge on any atom is 0.251 e. The first-order valence-electron chi connectivity index (χ1n) is 8.52. The molecule has 0 bridgehead atoms. The average Bonchev–Trinajstić information content (AvgIpc) is 2.64. The molecule has 26 heavy (non-hydrogen) atoms. The summed E-state index contributed by atoms with van der Waals surface area (Å²) in [4.78, 5) is 14.7. The number of amides is 1. The highest BCUT2D eigenvalue weighted by Gasteiger charge is 2.31. The Labute approximate surface area is 154 Å². The first kappa shape index (κ1) is 17.9. The van der Waals surface area contributed by atoms with Gasteiger partial charge in [-0.3, -0.25) is 4.79 Å². The van der Waals surface area contributed by atoms with Crippen molar-refractivity contribution in [2.45, 2.75) is 19.4 Å². The van der Waals surface area contributed by atoms with Gasteiger partial charge in [-0.05, 0) is 49.8 Å². The fraction of sp³-hybridized carbons (Fsp3) is 0.286. The molecule has 1 heterocycles. The monoisotopic (exact) mass is 352 g/mol. The van der Waals surface area contributed by atoms with Crippen LogP contribution in [-0.2, 0) is 4.79 Å². The minimum Gasteiger partial charge on any atom is -0.493 e. The smallest absolute Gasteiger partial charge is 0.251 e. The molecule has 0 aliphatic carbocycles. The molecule has 5 nitrogen and oxygen atoms in total. The van der Waals surface area contributed by atoms with Gasteiger partial charge < -0.3 is 19.7 Å². The van der Waals surface area contributed by atoms with Crippen LogP contribution in [0.3, 0.4) is 0 Å². The number of nitrogens with one attached hydrogen (secondary N) is 1. The van der Waals surface area contributed by atoms with Crippen molar-refractivity contribution in [3.63, 3.8) is 0 Å². The largest absolute Gasteiger partial charge is 0.493 e. The molecule has 0 radical (unpaired) electrons. The van der Waals surface area contributed by atoms with Crippen molar-refractivity contribution in [3.05, 3.63) is 54.1 Å². The molecule has 136 valence electrons. The van der Waals surface area contributed by atoms with Gasteiger partial charge in [-0.15, -0.1) is 0 Å². The summed E-state index contributed by atoms with van der Waals surface area (Å²) in [7, 11) is 3.19. The van der Waals surface area contributed by atoms with E-state index in [4.69, 9.17) is 9.47 Å². The number of rotatable bonds is 4. The van der Waals surface area contributed by atoms with E-state index in [1.807, 2.05) is 47.4 Å². The van der Waals surface area contributed by atoms with Crippen LogP contribution in [0, 0.1) is 0 Å². The van der Waals surface area contributed by atoms with Crippen molar-refractivity contribution in [2.75, 3.05) is 31.0 Å². The summed E-state index contributed by atoms with van der Waals surface area (Å²) in [5.74, 6) is 1.24. The van der Waals surface area contributed by atoms with Crippen LogP contribution in [-0.4, -0.2) is 32.2 Å². The highest BCUT2D eigenvalue weighted by molar-refractivity contribution is 6.06. The highest BCUT2D eigenvalue weighted by atomic mass is 16.5. The van der Waals surface area contributed by atoms with E-state index >= 15 is 0 Å². The van der Waals surface area contributed by atoms with Gasteiger partial charge in [-0.2, -0.15) is 0 Å². The van der Waals surface area contributed by atoms with Crippen molar-refractivity contribution >= 4 is 23.4 Å². The number of para-hydroxylation sites is 2. The normalized spacial score (nSPS) is 15.3. The molecule has 1 aliphatic heterocycles. The van der Waals surface area contributed by atoms with Gasteiger partial charge in [-0.25, -0.2) is 0 Å². The molecule has 3 rings (SSSR count). The van der Waals surface area contributed by atoms with Crippen LogP contribution >= 0.6 is 0 Å². The Kier molecular flexibility index (Phi) is 4.89. The first-order valence-corrected chi connectivity index (χ1v) is 8.52. The predicted molar refractivity (Wildman–Crippen MR) is 105 cm³/mol. The number of carbonyl (C=O) groups excluding carboxylic acids is 1. The van der Waals surface area contributed by atoms with Gasteiger partial charge in [0, 0.05) is 18.2 Å². The predicted octanol–water partition coefficient (Wildman–Crippen LogP) is 3.95. The topological polar surface area (TPSA) is 50.8 Å². The molecule has 0 fully saturated rings. The van der Waals surface area contributed by atoms with Crippen LogP contribution in [0.2, 0.25) is 0 Å². The zero-order valence-corrected chi connectivity index (χ0v) is 15.6. The van der Waals surface area contributed by atoms with E-state index < -0.39 is 0 Å². The van der Waals surface area contributed by atoms with Gasteiger partial charge in [-0.1, -0.05) is 18.2 Å². The molecule has 0 saturated heterocycles.